The van der Waals surface area contributed by atoms with Gasteiger partial charge in [0.05, 0.1) is 4.92 Å². The van der Waals surface area contributed by atoms with Gasteiger partial charge in [-0.05, 0) is 30.4 Å². The van der Waals surface area contributed by atoms with Crippen LogP contribution in [-0.2, 0) is 0 Å². The lowest BCUT2D eigenvalue weighted by Gasteiger charge is -2.35. The predicted octanol–water partition coefficient (Wildman–Crippen LogP) is 3.61. The minimum absolute atomic E-state index is 0.0630. The Balaban J connectivity index is 1.39. The van der Waals surface area contributed by atoms with E-state index in [-0.39, 0.29) is 16.6 Å². The zero-order chi connectivity index (χ0) is 19.8. The number of nitrogens with zero attached hydrogens (tertiary/aromatic N) is 3. The Morgan fingerprint density at radius 2 is 1.71 bits per heavy atom. The molecule has 1 aliphatic rings. The molecular weight excluding hydrogens is 376 g/mol. The van der Waals surface area contributed by atoms with E-state index in [4.69, 9.17) is 0 Å². The zero-order valence-corrected chi connectivity index (χ0v) is 16.4. The number of para-hydroxylation sites is 2. The Morgan fingerprint density at radius 1 is 1.04 bits per heavy atom. The largest absolute Gasteiger partial charge is 0.362 e. The first-order valence-electron chi connectivity index (χ1n) is 9.34. The average molecular weight is 401 g/mol. The molecular formula is C20H24N4O3S. The quantitative estimate of drug-likeness (QED) is 0.332. The second-order valence-corrected chi connectivity index (χ2v) is 7.64. The van der Waals surface area contributed by atoms with Gasteiger partial charge >= 0.3 is 6.03 Å². The van der Waals surface area contributed by atoms with Gasteiger partial charge in [0.25, 0.3) is 5.69 Å². The molecule has 0 spiro atoms. The summed E-state index contributed by atoms with van der Waals surface area (Å²) >= 11 is 1.78. The van der Waals surface area contributed by atoms with Crippen molar-refractivity contribution in [2.24, 2.45) is 0 Å². The smallest absolute Gasteiger partial charge is 0.317 e. The SMILES string of the molecule is O=C(NCCCSc1ccccc1)N1CCN(c2ccccc2[N+](=O)[O-])CC1. The molecule has 0 unspecified atom stereocenters. The number of nitro groups is 1. The van der Waals surface area contributed by atoms with Crippen molar-refractivity contribution in [2.45, 2.75) is 11.3 Å². The molecule has 8 heteroatoms. The van der Waals surface area contributed by atoms with Crippen LogP contribution >= 0.6 is 11.8 Å². The van der Waals surface area contributed by atoms with Crippen molar-refractivity contribution in [1.82, 2.24) is 10.2 Å². The summed E-state index contributed by atoms with van der Waals surface area (Å²) < 4.78 is 0. The molecule has 148 valence electrons. The second-order valence-electron chi connectivity index (χ2n) is 6.47. The standard InChI is InChI=1S/C20H24N4O3S/c25-20(21-11-6-16-28-17-7-2-1-3-8-17)23-14-12-22(13-15-23)18-9-4-5-10-19(18)24(26)27/h1-5,7-10H,6,11-16H2,(H,21,25). The molecule has 7 nitrogen and oxygen atoms in total. The van der Waals surface area contributed by atoms with Crippen molar-refractivity contribution in [3.63, 3.8) is 0 Å². The highest BCUT2D eigenvalue weighted by molar-refractivity contribution is 7.99. The molecule has 1 N–H and O–H groups in total. The predicted molar refractivity (Wildman–Crippen MR) is 112 cm³/mol. The van der Waals surface area contributed by atoms with E-state index in [1.165, 1.54) is 11.0 Å². The number of rotatable bonds is 7. The van der Waals surface area contributed by atoms with E-state index in [1.807, 2.05) is 23.1 Å². The first-order valence-corrected chi connectivity index (χ1v) is 10.3. The number of carbonyl (C=O) groups excluding carboxylic acids is 1. The van der Waals surface area contributed by atoms with Crippen LogP contribution in [0.1, 0.15) is 6.42 Å². The summed E-state index contributed by atoms with van der Waals surface area (Å²) in [6.07, 6.45) is 0.904. The number of nitrogens with one attached hydrogen (secondary N) is 1. The fourth-order valence-corrected chi connectivity index (χ4v) is 4.00. The molecule has 1 heterocycles. The van der Waals surface area contributed by atoms with E-state index >= 15 is 0 Å². The maximum absolute atomic E-state index is 12.3. The molecule has 1 saturated heterocycles. The van der Waals surface area contributed by atoms with Gasteiger partial charge in [-0.2, -0.15) is 0 Å². The third-order valence-electron chi connectivity index (χ3n) is 4.60. The van der Waals surface area contributed by atoms with Crippen molar-refractivity contribution < 1.29 is 9.72 Å². The highest BCUT2D eigenvalue weighted by Gasteiger charge is 2.25. The molecule has 2 aromatic carbocycles. The number of nitro benzene ring substituents is 1. The number of urea groups is 1. The van der Waals surface area contributed by atoms with Gasteiger partial charge in [0.15, 0.2) is 0 Å². The number of thioether (sulfide) groups is 1. The van der Waals surface area contributed by atoms with Crippen LogP contribution in [0, 0.1) is 10.1 Å². The van der Waals surface area contributed by atoms with Gasteiger partial charge in [-0.25, -0.2) is 4.79 Å². The normalized spacial score (nSPS) is 14.0. The highest BCUT2D eigenvalue weighted by atomic mass is 32.2. The van der Waals surface area contributed by atoms with Crippen molar-refractivity contribution in [2.75, 3.05) is 43.4 Å². The monoisotopic (exact) mass is 400 g/mol. The fourth-order valence-electron chi connectivity index (χ4n) is 3.12. The molecule has 28 heavy (non-hydrogen) atoms. The molecule has 1 fully saturated rings. The maximum atomic E-state index is 12.3. The molecule has 0 saturated carbocycles. The van der Waals surface area contributed by atoms with Gasteiger partial charge in [0, 0.05) is 43.7 Å². The van der Waals surface area contributed by atoms with Crippen molar-refractivity contribution in [3.8, 4) is 0 Å². The Hall–Kier alpha value is -2.74. The van der Waals surface area contributed by atoms with E-state index in [0.29, 0.717) is 38.4 Å². The highest BCUT2D eigenvalue weighted by Crippen LogP contribution is 2.28. The van der Waals surface area contributed by atoms with Gasteiger partial charge in [0.2, 0.25) is 0 Å². The lowest BCUT2D eigenvalue weighted by Crippen LogP contribution is -2.52. The van der Waals surface area contributed by atoms with Crippen molar-refractivity contribution in [3.05, 3.63) is 64.7 Å². The van der Waals surface area contributed by atoms with Crippen LogP contribution in [0.3, 0.4) is 0 Å². The lowest BCUT2D eigenvalue weighted by atomic mass is 10.2. The first kappa shape index (κ1) is 20.0. The first-order chi connectivity index (χ1) is 13.6. The summed E-state index contributed by atoms with van der Waals surface area (Å²) in [5.41, 5.74) is 0.724. The van der Waals surface area contributed by atoms with E-state index in [0.717, 1.165) is 12.2 Å². The van der Waals surface area contributed by atoms with Crippen molar-refractivity contribution in [1.29, 1.82) is 0 Å². The van der Waals surface area contributed by atoms with Crippen LogP contribution in [0.15, 0.2) is 59.5 Å². The van der Waals surface area contributed by atoms with Gasteiger partial charge in [-0.1, -0.05) is 30.3 Å². The summed E-state index contributed by atoms with van der Waals surface area (Å²) in [6, 6.07) is 16.9. The molecule has 0 atom stereocenters. The molecule has 0 radical (unpaired) electrons. The van der Waals surface area contributed by atoms with Crippen LogP contribution in [0.2, 0.25) is 0 Å². The number of benzene rings is 2. The van der Waals surface area contributed by atoms with Crippen LogP contribution in [0.25, 0.3) is 0 Å². The second kappa shape index (κ2) is 9.98. The average Bonchev–Trinajstić information content (AvgIpc) is 2.74. The molecule has 1 aliphatic heterocycles. The lowest BCUT2D eigenvalue weighted by molar-refractivity contribution is -0.384. The number of piperazine rings is 1. The topological polar surface area (TPSA) is 78.7 Å². The third kappa shape index (κ3) is 5.39. The minimum atomic E-state index is -0.359. The minimum Gasteiger partial charge on any atom is -0.362 e. The Kier molecular flexibility index (Phi) is 7.13. The summed E-state index contributed by atoms with van der Waals surface area (Å²) in [4.78, 5) is 28.2. The Morgan fingerprint density at radius 3 is 2.43 bits per heavy atom. The van der Waals surface area contributed by atoms with Gasteiger partial charge in [-0.3, -0.25) is 10.1 Å². The molecule has 2 amide bonds. The summed E-state index contributed by atoms with van der Waals surface area (Å²) in [6.45, 7) is 2.92. The molecule has 3 rings (SSSR count). The number of carbonyl (C=O) groups is 1. The molecule has 2 aromatic rings. The molecule has 0 aromatic heterocycles. The summed E-state index contributed by atoms with van der Waals surface area (Å²) in [5, 5.41) is 14.2. The number of hydrogen-bond donors (Lipinski definition) is 1. The van der Waals surface area contributed by atoms with Crippen LogP contribution in [-0.4, -0.2) is 54.3 Å². The zero-order valence-electron chi connectivity index (χ0n) is 15.6. The van der Waals surface area contributed by atoms with Gasteiger partial charge in [-0.15, -0.1) is 11.8 Å². The Bertz CT molecular complexity index is 795. The fraction of sp³-hybridized carbons (Fsp3) is 0.350. The Labute approximate surface area is 168 Å². The van der Waals surface area contributed by atoms with Crippen LogP contribution in [0.4, 0.5) is 16.2 Å². The summed E-state index contributed by atoms with van der Waals surface area (Å²) in [7, 11) is 0. The number of hydrogen-bond acceptors (Lipinski definition) is 5. The number of anilines is 1. The maximum Gasteiger partial charge on any atom is 0.317 e. The third-order valence-corrected chi connectivity index (χ3v) is 5.69. The van der Waals surface area contributed by atoms with Gasteiger partial charge in [0.1, 0.15) is 5.69 Å². The van der Waals surface area contributed by atoms with Gasteiger partial charge < -0.3 is 15.1 Å². The van der Waals surface area contributed by atoms with E-state index < -0.39 is 0 Å². The summed E-state index contributed by atoms with van der Waals surface area (Å²) in [5.74, 6) is 0.954. The molecule has 0 bridgehead atoms. The molecule has 0 aliphatic carbocycles. The number of amides is 2. The van der Waals surface area contributed by atoms with E-state index in [1.54, 1.807) is 34.9 Å². The van der Waals surface area contributed by atoms with E-state index in [9.17, 15) is 14.9 Å². The van der Waals surface area contributed by atoms with Crippen LogP contribution < -0.4 is 10.2 Å². The van der Waals surface area contributed by atoms with Crippen molar-refractivity contribution >= 4 is 29.2 Å². The van der Waals surface area contributed by atoms with Crippen LogP contribution in [0.5, 0.6) is 0 Å². The van der Waals surface area contributed by atoms with E-state index in [2.05, 4.69) is 17.4 Å².